The van der Waals surface area contributed by atoms with Crippen molar-refractivity contribution in [2.24, 2.45) is 0 Å². The van der Waals surface area contributed by atoms with Gasteiger partial charge in [0, 0.05) is 7.05 Å². The van der Waals surface area contributed by atoms with Crippen LogP contribution in [0.1, 0.15) is 6.92 Å². The first-order valence-corrected chi connectivity index (χ1v) is 4.28. The molecule has 0 aliphatic heterocycles. The summed E-state index contributed by atoms with van der Waals surface area (Å²) in [4.78, 5) is 0. The Labute approximate surface area is 70.5 Å². The summed E-state index contributed by atoms with van der Waals surface area (Å²) in [6.07, 6.45) is 0. The zero-order valence-electron chi connectivity index (χ0n) is 5.34. The topological polar surface area (TPSA) is 24.1 Å². The van der Waals surface area contributed by atoms with Crippen molar-refractivity contribution in [3.05, 3.63) is 0 Å². The lowest BCUT2D eigenvalue weighted by atomic mass is 11.0. The Morgan fingerprint density at radius 2 is 2.33 bits per heavy atom. The lowest BCUT2D eigenvalue weighted by Crippen LogP contribution is -2.31. The van der Waals surface area contributed by atoms with Crippen molar-refractivity contribution in [1.29, 1.82) is 0 Å². The molecule has 0 saturated heterocycles. The van der Waals surface area contributed by atoms with Crippen molar-refractivity contribution in [1.82, 2.24) is 10.9 Å². The molecule has 0 heterocycles. The highest BCUT2D eigenvalue weighted by Crippen LogP contribution is 2.13. The molecule has 2 nitrogen and oxygen atoms in total. The predicted octanol–water partition coefficient (Wildman–Crippen LogP) is 1.00. The number of thiocarbonyl (C=S) groups is 1. The Bertz CT molecular complexity index is 93.8. The van der Waals surface area contributed by atoms with Gasteiger partial charge in [-0.1, -0.05) is 24.0 Å². The minimum atomic E-state index is 0.248. The van der Waals surface area contributed by atoms with Gasteiger partial charge in [-0.15, -0.1) is 0 Å². The Morgan fingerprint density at radius 3 is 2.67 bits per heavy atom. The lowest BCUT2D eigenvalue weighted by molar-refractivity contribution is 0.786. The first-order valence-electron chi connectivity index (χ1n) is 2.48. The second kappa shape index (κ2) is 5.34. The second-order valence-electron chi connectivity index (χ2n) is 1.38. The molecule has 0 radical (unpaired) electrons. The molecule has 5 heteroatoms. The van der Waals surface area contributed by atoms with Gasteiger partial charge in [-0.05, 0) is 6.92 Å². The molecule has 1 atom stereocenters. The molecule has 0 rings (SSSR count). The average molecular weight is 182 g/mol. The highest BCUT2D eigenvalue weighted by molar-refractivity contribution is 8.27. The van der Waals surface area contributed by atoms with Crippen molar-refractivity contribution in [3.8, 4) is 0 Å². The molecule has 2 N–H and O–H groups in total. The molecule has 0 saturated carbocycles. The van der Waals surface area contributed by atoms with Crippen LogP contribution < -0.4 is 10.9 Å². The molecular formula is C4H10N2S3. The SMILES string of the molecule is CNNC(=S)SC(C)S. The van der Waals surface area contributed by atoms with Gasteiger partial charge in [0.25, 0.3) is 0 Å². The third-order valence-electron chi connectivity index (χ3n) is 0.505. The van der Waals surface area contributed by atoms with Crippen LogP contribution in [0.2, 0.25) is 0 Å². The molecule has 1 unspecified atom stereocenters. The van der Waals surface area contributed by atoms with E-state index in [1.165, 1.54) is 11.8 Å². The van der Waals surface area contributed by atoms with Gasteiger partial charge in [-0.3, -0.25) is 0 Å². The molecular weight excluding hydrogens is 172 g/mol. The summed E-state index contributed by atoms with van der Waals surface area (Å²) in [7, 11) is 1.77. The van der Waals surface area contributed by atoms with Crippen LogP contribution in [-0.2, 0) is 0 Å². The first kappa shape index (κ1) is 9.55. The smallest absolute Gasteiger partial charge is 0.149 e. The van der Waals surface area contributed by atoms with E-state index in [9.17, 15) is 0 Å². The molecule has 0 fully saturated rings. The van der Waals surface area contributed by atoms with Crippen molar-refractivity contribution in [2.45, 2.75) is 11.5 Å². The molecule has 0 aromatic carbocycles. The van der Waals surface area contributed by atoms with Crippen LogP contribution in [0.15, 0.2) is 0 Å². The summed E-state index contributed by atoms with van der Waals surface area (Å²) >= 11 is 10.5. The first-order chi connectivity index (χ1) is 4.16. The van der Waals surface area contributed by atoms with Crippen LogP contribution >= 0.6 is 36.6 Å². The molecule has 0 spiro atoms. The van der Waals surface area contributed by atoms with Gasteiger partial charge in [-0.2, -0.15) is 12.6 Å². The van der Waals surface area contributed by atoms with Crippen LogP contribution in [-0.4, -0.2) is 16.0 Å². The average Bonchev–Trinajstić information content (AvgIpc) is 1.63. The van der Waals surface area contributed by atoms with E-state index in [0.717, 1.165) is 4.32 Å². The third-order valence-corrected chi connectivity index (χ3v) is 1.87. The molecule has 0 aromatic rings. The monoisotopic (exact) mass is 182 g/mol. The van der Waals surface area contributed by atoms with E-state index in [1.54, 1.807) is 7.05 Å². The Hall–Kier alpha value is 0.550. The van der Waals surface area contributed by atoms with Gasteiger partial charge in [0.15, 0.2) is 0 Å². The van der Waals surface area contributed by atoms with E-state index < -0.39 is 0 Å². The van der Waals surface area contributed by atoms with Gasteiger partial charge in [0.2, 0.25) is 0 Å². The van der Waals surface area contributed by atoms with E-state index in [4.69, 9.17) is 12.2 Å². The largest absolute Gasteiger partial charge is 0.307 e. The summed E-state index contributed by atoms with van der Waals surface area (Å²) in [5.74, 6) is 0. The van der Waals surface area contributed by atoms with Crippen LogP contribution in [0, 0.1) is 0 Å². The van der Waals surface area contributed by atoms with Crippen molar-refractivity contribution < 1.29 is 0 Å². The number of thioether (sulfide) groups is 1. The molecule has 0 bridgehead atoms. The van der Waals surface area contributed by atoms with Crippen molar-refractivity contribution in [2.75, 3.05) is 7.05 Å². The molecule has 0 amide bonds. The van der Waals surface area contributed by atoms with Crippen molar-refractivity contribution >= 4 is 40.9 Å². The minimum absolute atomic E-state index is 0.248. The number of hydrogen-bond donors (Lipinski definition) is 3. The fraction of sp³-hybridized carbons (Fsp3) is 0.750. The fourth-order valence-corrected chi connectivity index (χ4v) is 1.82. The third kappa shape index (κ3) is 6.44. The lowest BCUT2D eigenvalue weighted by Gasteiger charge is -2.05. The second-order valence-corrected chi connectivity index (χ2v) is 4.52. The van der Waals surface area contributed by atoms with Crippen LogP contribution in [0.25, 0.3) is 0 Å². The van der Waals surface area contributed by atoms with Gasteiger partial charge < -0.3 is 5.43 Å². The van der Waals surface area contributed by atoms with E-state index in [1.807, 2.05) is 6.92 Å². The molecule has 0 aliphatic carbocycles. The number of hydrazine groups is 1. The predicted molar refractivity (Wildman–Crippen MR) is 50.8 cm³/mol. The van der Waals surface area contributed by atoms with E-state index >= 15 is 0 Å². The molecule has 9 heavy (non-hydrogen) atoms. The zero-order chi connectivity index (χ0) is 7.28. The van der Waals surface area contributed by atoms with Gasteiger partial charge in [0.05, 0.1) is 4.58 Å². The maximum atomic E-state index is 4.87. The number of hydrogen-bond acceptors (Lipinski definition) is 4. The van der Waals surface area contributed by atoms with Crippen LogP contribution in [0.5, 0.6) is 0 Å². The summed E-state index contributed by atoms with van der Waals surface area (Å²) in [6.45, 7) is 1.97. The highest BCUT2D eigenvalue weighted by atomic mass is 32.2. The van der Waals surface area contributed by atoms with Gasteiger partial charge >= 0.3 is 0 Å². The Kier molecular flexibility index (Phi) is 5.67. The maximum absolute atomic E-state index is 4.87. The number of thiol groups is 1. The minimum Gasteiger partial charge on any atom is -0.307 e. The maximum Gasteiger partial charge on any atom is 0.149 e. The normalized spacial score (nSPS) is 12.8. The molecule has 0 aromatic heterocycles. The fourth-order valence-electron chi connectivity index (χ4n) is 0.286. The summed E-state index contributed by atoms with van der Waals surface area (Å²) in [5.41, 5.74) is 5.50. The standard InChI is InChI=1S/C4H10N2S3/c1-3(7)9-4(8)6-5-2/h3,5,7H,1-2H3,(H,6,8). The molecule has 54 valence electrons. The zero-order valence-corrected chi connectivity index (χ0v) is 7.87. The van der Waals surface area contributed by atoms with Gasteiger partial charge in [-0.25, -0.2) is 5.43 Å². The Balaban J connectivity index is 3.27. The number of rotatable bonds is 2. The van der Waals surface area contributed by atoms with Crippen LogP contribution in [0.4, 0.5) is 0 Å². The van der Waals surface area contributed by atoms with Crippen LogP contribution in [0.3, 0.4) is 0 Å². The van der Waals surface area contributed by atoms with Crippen molar-refractivity contribution in [3.63, 3.8) is 0 Å². The molecule has 0 aliphatic rings. The quantitative estimate of drug-likeness (QED) is 0.257. The van der Waals surface area contributed by atoms with E-state index in [2.05, 4.69) is 23.5 Å². The summed E-state index contributed by atoms with van der Waals surface area (Å²) in [6, 6.07) is 0. The summed E-state index contributed by atoms with van der Waals surface area (Å²) < 4.78 is 0.971. The van der Waals surface area contributed by atoms with Gasteiger partial charge in [0.1, 0.15) is 4.32 Å². The van der Waals surface area contributed by atoms with E-state index in [0.29, 0.717) is 0 Å². The van der Waals surface area contributed by atoms with E-state index in [-0.39, 0.29) is 4.58 Å². The summed E-state index contributed by atoms with van der Waals surface area (Å²) in [5, 5.41) is 0. The highest BCUT2D eigenvalue weighted by Gasteiger charge is 1.98. The Morgan fingerprint density at radius 1 is 1.78 bits per heavy atom. The number of nitrogens with one attached hydrogen (secondary N) is 2.